The predicted octanol–water partition coefficient (Wildman–Crippen LogP) is 4.14. The van der Waals surface area contributed by atoms with Crippen LogP contribution in [0.1, 0.15) is 54.8 Å². The Labute approximate surface area is 106 Å². The van der Waals surface area contributed by atoms with Crippen LogP contribution in [0, 0.1) is 19.8 Å². The van der Waals surface area contributed by atoms with Gasteiger partial charge in [0, 0.05) is 6.04 Å². The van der Waals surface area contributed by atoms with Crippen LogP contribution in [-0.2, 0) is 0 Å². The zero-order valence-electron chi connectivity index (χ0n) is 11.4. The monoisotopic (exact) mass is 231 g/mol. The molecule has 1 aliphatic carbocycles. The van der Waals surface area contributed by atoms with Gasteiger partial charge in [-0.3, -0.25) is 0 Å². The Morgan fingerprint density at radius 1 is 1.06 bits per heavy atom. The van der Waals surface area contributed by atoms with Crippen molar-refractivity contribution in [3.8, 4) is 0 Å². The van der Waals surface area contributed by atoms with Gasteiger partial charge in [0.05, 0.1) is 0 Å². The second-order valence-corrected chi connectivity index (χ2v) is 5.47. The van der Waals surface area contributed by atoms with E-state index in [1.165, 1.54) is 43.2 Å². The summed E-state index contributed by atoms with van der Waals surface area (Å²) in [5.41, 5.74) is 4.42. The van der Waals surface area contributed by atoms with Crippen molar-refractivity contribution in [2.45, 2.75) is 52.0 Å². The fourth-order valence-corrected chi connectivity index (χ4v) is 3.40. The summed E-state index contributed by atoms with van der Waals surface area (Å²) < 4.78 is 0. The summed E-state index contributed by atoms with van der Waals surface area (Å²) in [5, 5.41) is 3.57. The highest BCUT2D eigenvalue weighted by Crippen LogP contribution is 2.36. The van der Waals surface area contributed by atoms with Crippen molar-refractivity contribution in [3.05, 3.63) is 34.9 Å². The molecule has 0 radical (unpaired) electrons. The molecule has 0 amide bonds. The molecule has 1 aliphatic rings. The van der Waals surface area contributed by atoms with Gasteiger partial charge in [-0.25, -0.2) is 0 Å². The second-order valence-electron chi connectivity index (χ2n) is 5.47. The van der Waals surface area contributed by atoms with Gasteiger partial charge in [-0.05, 0) is 56.3 Å². The van der Waals surface area contributed by atoms with E-state index in [0.29, 0.717) is 6.04 Å². The molecule has 1 heteroatoms. The van der Waals surface area contributed by atoms with E-state index in [0.717, 1.165) is 5.92 Å². The zero-order valence-corrected chi connectivity index (χ0v) is 11.4. The highest BCUT2D eigenvalue weighted by Gasteiger charge is 2.25. The van der Waals surface area contributed by atoms with Crippen LogP contribution in [0.5, 0.6) is 0 Å². The van der Waals surface area contributed by atoms with Gasteiger partial charge < -0.3 is 5.32 Å². The molecular formula is C16H25N. The Kier molecular flexibility index (Phi) is 4.22. The van der Waals surface area contributed by atoms with Crippen molar-refractivity contribution in [2.24, 2.45) is 5.92 Å². The molecule has 1 nitrogen and oxygen atoms in total. The van der Waals surface area contributed by atoms with Crippen molar-refractivity contribution in [2.75, 3.05) is 7.05 Å². The summed E-state index contributed by atoms with van der Waals surface area (Å²) in [6, 6.07) is 7.21. The minimum absolute atomic E-state index is 0.552. The molecular weight excluding hydrogens is 206 g/mol. The highest BCUT2D eigenvalue weighted by molar-refractivity contribution is 5.36. The van der Waals surface area contributed by atoms with Gasteiger partial charge in [-0.2, -0.15) is 0 Å². The fraction of sp³-hybridized carbons (Fsp3) is 0.625. The molecule has 0 saturated heterocycles. The first-order valence-electron chi connectivity index (χ1n) is 6.97. The first-order valence-corrected chi connectivity index (χ1v) is 6.97. The molecule has 0 spiro atoms. The van der Waals surface area contributed by atoms with Gasteiger partial charge in [0.25, 0.3) is 0 Å². The number of nitrogens with one attached hydrogen (secondary N) is 1. The molecule has 0 aliphatic heterocycles. The van der Waals surface area contributed by atoms with E-state index in [-0.39, 0.29) is 0 Å². The summed E-state index contributed by atoms with van der Waals surface area (Å²) in [7, 11) is 2.12. The third-order valence-electron chi connectivity index (χ3n) is 4.29. The predicted molar refractivity (Wildman–Crippen MR) is 74.3 cm³/mol. The van der Waals surface area contributed by atoms with Crippen LogP contribution in [0.15, 0.2) is 18.2 Å². The zero-order chi connectivity index (χ0) is 12.3. The van der Waals surface area contributed by atoms with E-state index >= 15 is 0 Å². The number of aryl methyl sites for hydroxylation is 2. The van der Waals surface area contributed by atoms with Gasteiger partial charge in [0.1, 0.15) is 0 Å². The van der Waals surface area contributed by atoms with Gasteiger partial charge >= 0.3 is 0 Å². The molecule has 1 saturated carbocycles. The van der Waals surface area contributed by atoms with E-state index in [1.807, 2.05) is 0 Å². The molecule has 0 heterocycles. The topological polar surface area (TPSA) is 12.0 Å². The highest BCUT2D eigenvalue weighted by atomic mass is 14.9. The third kappa shape index (κ3) is 2.71. The summed E-state index contributed by atoms with van der Waals surface area (Å²) in [5.74, 6) is 0.827. The van der Waals surface area contributed by atoms with Gasteiger partial charge in [-0.1, -0.05) is 37.5 Å². The Bertz CT molecular complexity index is 344. The van der Waals surface area contributed by atoms with Gasteiger partial charge in [-0.15, -0.1) is 0 Å². The minimum atomic E-state index is 0.552. The Hall–Kier alpha value is -0.820. The molecule has 0 aromatic heterocycles. The van der Waals surface area contributed by atoms with Crippen LogP contribution in [0.25, 0.3) is 0 Å². The molecule has 1 unspecified atom stereocenters. The van der Waals surface area contributed by atoms with Crippen molar-refractivity contribution in [3.63, 3.8) is 0 Å². The van der Waals surface area contributed by atoms with Crippen LogP contribution < -0.4 is 5.32 Å². The number of hydrogen-bond acceptors (Lipinski definition) is 1. The molecule has 0 bridgehead atoms. The van der Waals surface area contributed by atoms with Crippen LogP contribution in [0.4, 0.5) is 0 Å². The van der Waals surface area contributed by atoms with E-state index in [1.54, 1.807) is 5.56 Å². The first kappa shape index (κ1) is 12.6. The van der Waals surface area contributed by atoms with Gasteiger partial charge in [0.15, 0.2) is 0 Å². The van der Waals surface area contributed by atoms with E-state index in [2.05, 4.69) is 44.4 Å². The molecule has 1 N–H and O–H groups in total. The number of benzene rings is 1. The summed E-state index contributed by atoms with van der Waals surface area (Å²) in [6.45, 7) is 4.49. The SMILES string of the molecule is CNC(c1c(C)cccc1C)C1CCCCC1. The summed E-state index contributed by atoms with van der Waals surface area (Å²) in [6.07, 6.45) is 7.03. The molecule has 17 heavy (non-hydrogen) atoms. The Balaban J connectivity index is 2.27. The van der Waals surface area contributed by atoms with E-state index in [4.69, 9.17) is 0 Å². The maximum atomic E-state index is 3.57. The third-order valence-corrected chi connectivity index (χ3v) is 4.29. The van der Waals surface area contributed by atoms with Crippen molar-refractivity contribution < 1.29 is 0 Å². The minimum Gasteiger partial charge on any atom is -0.313 e. The first-order chi connectivity index (χ1) is 8.24. The number of rotatable bonds is 3. The summed E-state index contributed by atoms with van der Waals surface area (Å²) >= 11 is 0. The lowest BCUT2D eigenvalue weighted by molar-refractivity contribution is 0.280. The molecule has 2 rings (SSSR count). The van der Waals surface area contributed by atoms with Crippen LogP contribution in [0.3, 0.4) is 0 Å². The van der Waals surface area contributed by atoms with Crippen molar-refractivity contribution in [1.82, 2.24) is 5.32 Å². The summed E-state index contributed by atoms with van der Waals surface area (Å²) in [4.78, 5) is 0. The fourth-order valence-electron chi connectivity index (χ4n) is 3.40. The quantitative estimate of drug-likeness (QED) is 0.824. The lowest BCUT2D eigenvalue weighted by atomic mass is 9.79. The van der Waals surface area contributed by atoms with E-state index < -0.39 is 0 Å². The average Bonchev–Trinajstić information content (AvgIpc) is 2.35. The normalized spacial score (nSPS) is 19.2. The maximum Gasteiger partial charge on any atom is 0.0351 e. The van der Waals surface area contributed by atoms with Crippen molar-refractivity contribution in [1.29, 1.82) is 0 Å². The molecule has 94 valence electrons. The van der Waals surface area contributed by atoms with Gasteiger partial charge in [0.2, 0.25) is 0 Å². The Morgan fingerprint density at radius 2 is 1.65 bits per heavy atom. The van der Waals surface area contributed by atoms with Crippen LogP contribution in [-0.4, -0.2) is 7.05 Å². The standard InChI is InChI=1S/C16H25N/c1-12-8-7-9-13(2)15(12)16(17-3)14-10-5-4-6-11-14/h7-9,14,16-17H,4-6,10-11H2,1-3H3. The molecule has 1 aromatic rings. The molecule has 1 fully saturated rings. The number of hydrogen-bond donors (Lipinski definition) is 1. The Morgan fingerprint density at radius 3 is 2.18 bits per heavy atom. The largest absolute Gasteiger partial charge is 0.313 e. The van der Waals surface area contributed by atoms with Crippen LogP contribution in [0.2, 0.25) is 0 Å². The average molecular weight is 231 g/mol. The molecule has 1 atom stereocenters. The molecule has 1 aromatic carbocycles. The van der Waals surface area contributed by atoms with Crippen LogP contribution >= 0.6 is 0 Å². The smallest absolute Gasteiger partial charge is 0.0351 e. The lowest BCUT2D eigenvalue weighted by Gasteiger charge is -2.32. The van der Waals surface area contributed by atoms with Crippen molar-refractivity contribution >= 4 is 0 Å². The maximum absolute atomic E-state index is 3.57. The second kappa shape index (κ2) is 5.68. The van der Waals surface area contributed by atoms with E-state index in [9.17, 15) is 0 Å². The lowest BCUT2D eigenvalue weighted by Crippen LogP contribution is -2.28.